The molecule has 0 aliphatic heterocycles. The Morgan fingerprint density at radius 3 is 2.71 bits per heavy atom. The SMILES string of the molecule is CCNC(=NCC1(CCO)CCCCC1)NCCC(=O)Nc1cccc(C)n1. The number of anilines is 1. The molecule has 0 saturated heterocycles. The van der Waals surface area contributed by atoms with Gasteiger partial charge in [-0.2, -0.15) is 0 Å². The van der Waals surface area contributed by atoms with Crippen LogP contribution in [0.5, 0.6) is 0 Å². The van der Waals surface area contributed by atoms with Crippen molar-refractivity contribution >= 4 is 17.7 Å². The maximum Gasteiger partial charge on any atom is 0.227 e. The number of nitrogens with zero attached hydrogens (tertiary/aromatic N) is 2. The molecule has 0 unspecified atom stereocenters. The lowest BCUT2D eigenvalue weighted by molar-refractivity contribution is -0.116. The maximum absolute atomic E-state index is 12.1. The van der Waals surface area contributed by atoms with Gasteiger partial charge in [0.15, 0.2) is 5.96 Å². The Labute approximate surface area is 168 Å². The molecule has 0 radical (unpaired) electrons. The van der Waals surface area contributed by atoms with Gasteiger partial charge in [0, 0.05) is 38.4 Å². The van der Waals surface area contributed by atoms with Crippen molar-refractivity contribution in [2.75, 3.05) is 31.6 Å². The number of carbonyl (C=O) groups is 1. The lowest BCUT2D eigenvalue weighted by Crippen LogP contribution is -2.40. The van der Waals surface area contributed by atoms with Crippen LogP contribution in [0.3, 0.4) is 0 Å². The number of nitrogens with one attached hydrogen (secondary N) is 3. The van der Waals surface area contributed by atoms with E-state index in [1.165, 1.54) is 19.3 Å². The zero-order chi connectivity index (χ0) is 20.2. The van der Waals surface area contributed by atoms with E-state index in [9.17, 15) is 9.90 Å². The third kappa shape index (κ3) is 7.46. The Morgan fingerprint density at radius 2 is 2.04 bits per heavy atom. The summed E-state index contributed by atoms with van der Waals surface area (Å²) in [6, 6.07) is 5.56. The Morgan fingerprint density at radius 1 is 1.25 bits per heavy atom. The Bertz CT molecular complexity index is 636. The van der Waals surface area contributed by atoms with Crippen molar-refractivity contribution in [3.05, 3.63) is 23.9 Å². The van der Waals surface area contributed by atoms with Gasteiger partial charge in [-0.1, -0.05) is 25.3 Å². The van der Waals surface area contributed by atoms with Crippen LogP contribution in [0.15, 0.2) is 23.2 Å². The highest BCUT2D eigenvalue weighted by Gasteiger charge is 2.31. The van der Waals surface area contributed by atoms with E-state index in [4.69, 9.17) is 4.99 Å². The summed E-state index contributed by atoms with van der Waals surface area (Å²) in [6.07, 6.45) is 7.10. The molecule has 1 heterocycles. The summed E-state index contributed by atoms with van der Waals surface area (Å²) in [5, 5.41) is 18.8. The predicted octanol–water partition coefficient (Wildman–Crippen LogP) is 2.61. The summed E-state index contributed by atoms with van der Waals surface area (Å²) in [5.41, 5.74) is 0.987. The Kier molecular flexibility index (Phi) is 9.20. The molecule has 7 heteroatoms. The Balaban J connectivity index is 1.84. The van der Waals surface area contributed by atoms with Crippen LogP contribution in [0.4, 0.5) is 5.82 Å². The van der Waals surface area contributed by atoms with Gasteiger partial charge in [-0.3, -0.25) is 9.79 Å². The van der Waals surface area contributed by atoms with E-state index < -0.39 is 0 Å². The number of hydrogen-bond acceptors (Lipinski definition) is 4. The van der Waals surface area contributed by atoms with Gasteiger partial charge in [0.05, 0.1) is 0 Å². The first-order chi connectivity index (χ1) is 13.6. The van der Waals surface area contributed by atoms with Gasteiger partial charge < -0.3 is 21.1 Å². The third-order valence-electron chi connectivity index (χ3n) is 5.27. The minimum absolute atomic E-state index is 0.0783. The van der Waals surface area contributed by atoms with Crippen LogP contribution in [0.1, 0.15) is 57.6 Å². The zero-order valence-corrected chi connectivity index (χ0v) is 17.3. The monoisotopic (exact) mass is 389 g/mol. The van der Waals surface area contributed by atoms with Crippen LogP contribution >= 0.6 is 0 Å². The molecule has 1 aliphatic rings. The van der Waals surface area contributed by atoms with Crippen LogP contribution in [-0.4, -0.2) is 48.2 Å². The molecule has 1 amide bonds. The van der Waals surface area contributed by atoms with E-state index in [1.807, 2.05) is 26.0 Å². The topological polar surface area (TPSA) is 98.6 Å². The van der Waals surface area contributed by atoms with E-state index >= 15 is 0 Å². The normalized spacial score (nSPS) is 16.5. The second-order valence-electron chi connectivity index (χ2n) is 7.62. The molecule has 1 saturated carbocycles. The summed E-state index contributed by atoms with van der Waals surface area (Å²) < 4.78 is 0. The first-order valence-electron chi connectivity index (χ1n) is 10.4. The van der Waals surface area contributed by atoms with Gasteiger partial charge in [0.2, 0.25) is 5.91 Å². The van der Waals surface area contributed by atoms with Crippen LogP contribution in [0.25, 0.3) is 0 Å². The number of aliphatic imine (C=N–C) groups is 1. The number of aliphatic hydroxyl groups excluding tert-OH is 1. The first-order valence-corrected chi connectivity index (χ1v) is 10.4. The number of aryl methyl sites for hydroxylation is 1. The third-order valence-corrected chi connectivity index (χ3v) is 5.27. The summed E-state index contributed by atoms with van der Waals surface area (Å²) >= 11 is 0. The summed E-state index contributed by atoms with van der Waals surface area (Å²) in [4.78, 5) is 21.2. The lowest BCUT2D eigenvalue weighted by Gasteiger charge is -2.35. The minimum atomic E-state index is -0.0783. The molecule has 156 valence electrons. The number of carbonyl (C=O) groups excluding carboxylic acids is 1. The van der Waals surface area contributed by atoms with Gasteiger partial charge in [-0.05, 0) is 50.7 Å². The molecular formula is C21H35N5O2. The molecule has 1 aliphatic carbocycles. The fraction of sp³-hybridized carbons (Fsp3) is 0.667. The van der Waals surface area contributed by atoms with Crippen molar-refractivity contribution in [1.82, 2.24) is 15.6 Å². The van der Waals surface area contributed by atoms with E-state index in [2.05, 4.69) is 20.9 Å². The van der Waals surface area contributed by atoms with Crippen molar-refractivity contribution in [2.24, 2.45) is 10.4 Å². The van der Waals surface area contributed by atoms with Crippen LogP contribution in [-0.2, 0) is 4.79 Å². The molecular weight excluding hydrogens is 354 g/mol. The first kappa shape index (κ1) is 22.1. The number of rotatable bonds is 9. The van der Waals surface area contributed by atoms with E-state index in [0.717, 1.165) is 37.5 Å². The smallest absolute Gasteiger partial charge is 0.227 e. The summed E-state index contributed by atoms with van der Waals surface area (Å²) in [7, 11) is 0. The number of aliphatic hydroxyl groups is 1. The number of aromatic nitrogens is 1. The van der Waals surface area contributed by atoms with E-state index in [1.54, 1.807) is 6.07 Å². The van der Waals surface area contributed by atoms with Crippen molar-refractivity contribution in [1.29, 1.82) is 0 Å². The number of guanidine groups is 1. The predicted molar refractivity (Wildman–Crippen MR) is 113 cm³/mol. The second-order valence-corrected chi connectivity index (χ2v) is 7.62. The molecule has 28 heavy (non-hydrogen) atoms. The van der Waals surface area contributed by atoms with Crippen molar-refractivity contribution in [2.45, 2.75) is 58.8 Å². The highest BCUT2D eigenvalue weighted by Crippen LogP contribution is 2.39. The largest absolute Gasteiger partial charge is 0.396 e. The molecule has 0 spiro atoms. The molecule has 0 bridgehead atoms. The van der Waals surface area contributed by atoms with Crippen molar-refractivity contribution < 1.29 is 9.90 Å². The molecule has 1 fully saturated rings. The lowest BCUT2D eigenvalue weighted by atomic mass is 9.72. The number of amides is 1. The highest BCUT2D eigenvalue weighted by atomic mass is 16.3. The maximum atomic E-state index is 12.1. The van der Waals surface area contributed by atoms with E-state index in [0.29, 0.717) is 25.3 Å². The van der Waals surface area contributed by atoms with Gasteiger partial charge in [0.25, 0.3) is 0 Å². The average Bonchev–Trinajstić information content (AvgIpc) is 2.67. The molecule has 2 rings (SSSR count). The standard InChI is InChI=1S/C21H35N5O2/c1-3-22-20(24-16-21(13-15-27)11-5-4-6-12-21)23-14-10-19(28)26-18-9-7-8-17(2)25-18/h7-9,27H,3-6,10-16H2,1-2H3,(H2,22,23,24)(H,25,26,28). The second kappa shape index (κ2) is 11.6. The number of hydrogen-bond donors (Lipinski definition) is 4. The van der Waals surface area contributed by atoms with Crippen LogP contribution in [0, 0.1) is 12.3 Å². The minimum Gasteiger partial charge on any atom is -0.396 e. The van der Waals surface area contributed by atoms with Gasteiger partial charge in [0.1, 0.15) is 5.82 Å². The van der Waals surface area contributed by atoms with Crippen molar-refractivity contribution in [3.63, 3.8) is 0 Å². The molecule has 1 aromatic rings. The van der Waals surface area contributed by atoms with E-state index in [-0.39, 0.29) is 17.9 Å². The van der Waals surface area contributed by atoms with Crippen LogP contribution < -0.4 is 16.0 Å². The average molecular weight is 390 g/mol. The summed E-state index contributed by atoms with van der Waals surface area (Å²) in [6.45, 7) is 6.10. The highest BCUT2D eigenvalue weighted by molar-refractivity contribution is 5.90. The fourth-order valence-corrected chi connectivity index (χ4v) is 3.73. The van der Waals surface area contributed by atoms with Gasteiger partial charge >= 0.3 is 0 Å². The zero-order valence-electron chi connectivity index (χ0n) is 17.3. The number of pyridine rings is 1. The fourth-order valence-electron chi connectivity index (χ4n) is 3.73. The molecule has 0 aromatic carbocycles. The Hall–Kier alpha value is -2.15. The van der Waals surface area contributed by atoms with Crippen LogP contribution in [0.2, 0.25) is 0 Å². The van der Waals surface area contributed by atoms with Gasteiger partial charge in [-0.15, -0.1) is 0 Å². The molecule has 7 nitrogen and oxygen atoms in total. The molecule has 1 aromatic heterocycles. The van der Waals surface area contributed by atoms with Crippen molar-refractivity contribution in [3.8, 4) is 0 Å². The van der Waals surface area contributed by atoms with Gasteiger partial charge in [-0.25, -0.2) is 4.98 Å². The molecule has 0 atom stereocenters. The molecule has 4 N–H and O–H groups in total. The quantitative estimate of drug-likeness (QED) is 0.384. The summed E-state index contributed by atoms with van der Waals surface area (Å²) in [5.74, 6) is 1.23.